The van der Waals surface area contributed by atoms with Crippen LogP contribution >= 0.6 is 0 Å². The van der Waals surface area contributed by atoms with E-state index in [-0.39, 0.29) is 24.1 Å². The van der Waals surface area contributed by atoms with Gasteiger partial charge in [-0.2, -0.15) is 0 Å². The fourth-order valence-electron chi connectivity index (χ4n) is 3.00. The third-order valence-electron chi connectivity index (χ3n) is 4.64. The molecule has 9 heteroatoms. The quantitative estimate of drug-likeness (QED) is 0.804. The highest BCUT2D eigenvalue weighted by molar-refractivity contribution is 5.85. The Hall–Kier alpha value is -3.23. The molecule has 1 saturated heterocycles. The van der Waals surface area contributed by atoms with Crippen LogP contribution in [0.2, 0.25) is 0 Å². The highest BCUT2D eigenvalue weighted by Crippen LogP contribution is 2.11. The number of nitrogens with zero attached hydrogens (tertiary/aromatic N) is 5. The predicted octanol–water partition coefficient (Wildman–Crippen LogP) is 0.198. The van der Waals surface area contributed by atoms with Gasteiger partial charge in [0.15, 0.2) is 5.69 Å². The van der Waals surface area contributed by atoms with Crippen LogP contribution in [-0.4, -0.2) is 73.9 Å². The summed E-state index contributed by atoms with van der Waals surface area (Å²) < 4.78 is 1.21. The van der Waals surface area contributed by atoms with Gasteiger partial charge >= 0.3 is 5.97 Å². The van der Waals surface area contributed by atoms with Gasteiger partial charge in [-0.15, -0.1) is 5.10 Å². The fraction of sp³-hybridized carbons (Fsp3) is 0.389. The molecule has 2 amide bonds. The molecule has 1 aliphatic rings. The topological polar surface area (TPSA) is 109 Å². The summed E-state index contributed by atoms with van der Waals surface area (Å²) in [6.45, 7) is 3.76. The van der Waals surface area contributed by atoms with E-state index in [9.17, 15) is 14.4 Å². The minimum Gasteiger partial charge on any atom is -0.476 e. The molecule has 0 radical (unpaired) electrons. The zero-order valence-electron chi connectivity index (χ0n) is 15.0. The third kappa shape index (κ3) is 4.49. The molecule has 1 N–H and O–H groups in total. The summed E-state index contributed by atoms with van der Waals surface area (Å²) in [6.07, 6.45) is 1.58. The van der Waals surface area contributed by atoms with Gasteiger partial charge in [0.2, 0.25) is 11.8 Å². The van der Waals surface area contributed by atoms with Crippen LogP contribution in [0, 0.1) is 6.92 Å². The van der Waals surface area contributed by atoms with E-state index in [1.165, 1.54) is 10.9 Å². The molecule has 0 unspecified atom stereocenters. The van der Waals surface area contributed by atoms with E-state index < -0.39 is 5.97 Å². The van der Waals surface area contributed by atoms with Crippen molar-refractivity contribution in [3.05, 3.63) is 47.3 Å². The van der Waals surface area contributed by atoms with Gasteiger partial charge in [-0.05, 0) is 18.1 Å². The second-order valence-corrected chi connectivity index (χ2v) is 6.47. The van der Waals surface area contributed by atoms with Gasteiger partial charge < -0.3 is 14.9 Å². The summed E-state index contributed by atoms with van der Waals surface area (Å²) in [5.74, 6) is -1.31. The molecule has 0 atom stereocenters. The number of benzene rings is 1. The van der Waals surface area contributed by atoms with Crippen LogP contribution in [-0.2, 0) is 22.6 Å². The number of piperazine rings is 1. The van der Waals surface area contributed by atoms with Crippen LogP contribution < -0.4 is 0 Å². The molecular weight excluding hydrogens is 350 g/mol. The number of rotatable bonds is 5. The Bertz CT molecular complexity index is 855. The lowest BCUT2D eigenvalue weighted by Crippen LogP contribution is -2.51. The number of amides is 2. The van der Waals surface area contributed by atoms with Gasteiger partial charge in [-0.1, -0.05) is 29.5 Å². The molecule has 1 fully saturated rings. The minimum atomic E-state index is -1.19. The number of hydrogen-bond donors (Lipinski definition) is 1. The number of aryl methyl sites for hydroxylation is 1. The lowest BCUT2D eigenvalue weighted by molar-refractivity contribution is -0.139. The van der Waals surface area contributed by atoms with Crippen molar-refractivity contribution in [1.82, 2.24) is 24.8 Å². The number of carboxylic acids is 1. The van der Waals surface area contributed by atoms with Crippen LogP contribution in [0.1, 0.15) is 21.6 Å². The van der Waals surface area contributed by atoms with E-state index in [1.54, 1.807) is 9.80 Å². The lowest BCUT2D eigenvalue weighted by Gasteiger charge is -2.35. The zero-order valence-corrected chi connectivity index (χ0v) is 15.0. The summed E-state index contributed by atoms with van der Waals surface area (Å²) in [5, 5.41) is 16.0. The van der Waals surface area contributed by atoms with Crippen LogP contribution in [0.3, 0.4) is 0 Å². The van der Waals surface area contributed by atoms with E-state index in [0.29, 0.717) is 32.6 Å². The molecule has 2 heterocycles. The number of hydrogen-bond acceptors (Lipinski definition) is 5. The molecule has 0 saturated carbocycles. The first-order chi connectivity index (χ1) is 12.9. The summed E-state index contributed by atoms with van der Waals surface area (Å²) in [5.41, 5.74) is 1.91. The standard InChI is InChI=1S/C18H21N5O4/c1-13-4-2-3-5-14(13)10-16(24)21-6-8-22(9-7-21)17(25)12-23-11-15(18(26)27)19-20-23/h2-5,11H,6-10,12H2,1H3,(H,26,27). The smallest absolute Gasteiger partial charge is 0.358 e. The Balaban J connectivity index is 1.50. The minimum absolute atomic E-state index is 0.0544. The molecule has 1 aliphatic heterocycles. The number of carbonyl (C=O) groups is 3. The van der Waals surface area contributed by atoms with E-state index >= 15 is 0 Å². The third-order valence-corrected chi connectivity index (χ3v) is 4.64. The van der Waals surface area contributed by atoms with Crippen LogP contribution in [0.4, 0.5) is 0 Å². The molecule has 9 nitrogen and oxygen atoms in total. The summed E-state index contributed by atoms with van der Waals surface area (Å²) >= 11 is 0. The SMILES string of the molecule is Cc1ccccc1CC(=O)N1CCN(C(=O)Cn2cc(C(=O)O)nn2)CC1. The van der Waals surface area contributed by atoms with Crippen molar-refractivity contribution >= 4 is 17.8 Å². The van der Waals surface area contributed by atoms with Crippen LogP contribution in [0.25, 0.3) is 0 Å². The van der Waals surface area contributed by atoms with Gasteiger partial charge in [0, 0.05) is 26.2 Å². The average Bonchev–Trinajstić information content (AvgIpc) is 3.12. The van der Waals surface area contributed by atoms with Gasteiger partial charge in [0.1, 0.15) is 6.54 Å². The second kappa shape index (κ2) is 7.98. The van der Waals surface area contributed by atoms with Crippen molar-refractivity contribution in [1.29, 1.82) is 0 Å². The number of carbonyl (C=O) groups excluding carboxylic acids is 2. The highest BCUT2D eigenvalue weighted by Gasteiger charge is 2.25. The Labute approximate surface area is 156 Å². The molecule has 1 aromatic heterocycles. The maximum Gasteiger partial charge on any atom is 0.358 e. The van der Waals surface area contributed by atoms with E-state index in [2.05, 4.69) is 10.3 Å². The van der Waals surface area contributed by atoms with Gasteiger partial charge in [0.25, 0.3) is 0 Å². The predicted molar refractivity (Wildman–Crippen MR) is 95.0 cm³/mol. The van der Waals surface area contributed by atoms with Crippen LogP contribution in [0.5, 0.6) is 0 Å². The monoisotopic (exact) mass is 371 g/mol. The van der Waals surface area contributed by atoms with E-state index in [0.717, 1.165) is 11.1 Å². The molecule has 3 rings (SSSR count). The Kier molecular flexibility index (Phi) is 5.49. The molecule has 1 aromatic carbocycles. The molecular formula is C18H21N5O4. The van der Waals surface area contributed by atoms with E-state index in [1.807, 2.05) is 31.2 Å². The largest absolute Gasteiger partial charge is 0.476 e. The molecule has 142 valence electrons. The van der Waals surface area contributed by atoms with Gasteiger partial charge in [0.05, 0.1) is 12.6 Å². The molecule has 0 spiro atoms. The normalized spacial score (nSPS) is 14.3. The average molecular weight is 371 g/mol. The van der Waals surface area contributed by atoms with E-state index in [4.69, 9.17) is 5.11 Å². The van der Waals surface area contributed by atoms with Crippen molar-refractivity contribution in [2.24, 2.45) is 0 Å². The van der Waals surface area contributed by atoms with Gasteiger partial charge in [-0.25, -0.2) is 9.48 Å². The second-order valence-electron chi connectivity index (χ2n) is 6.47. The molecule has 2 aromatic rings. The zero-order chi connectivity index (χ0) is 19.4. The van der Waals surface area contributed by atoms with Crippen molar-refractivity contribution in [2.75, 3.05) is 26.2 Å². The van der Waals surface area contributed by atoms with Crippen molar-refractivity contribution in [2.45, 2.75) is 19.9 Å². The Morgan fingerprint density at radius 1 is 1.04 bits per heavy atom. The van der Waals surface area contributed by atoms with Crippen LogP contribution in [0.15, 0.2) is 30.5 Å². The summed E-state index contributed by atoms with van der Waals surface area (Å²) in [6, 6.07) is 7.81. The van der Waals surface area contributed by atoms with Crippen molar-refractivity contribution in [3.63, 3.8) is 0 Å². The molecule has 0 aliphatic carbocycles. The summed E-state index contributed by atoms with van der Waals surface area (Å²) in [7, 11) is 0. The first kappa shape index (κ1) is 18.6. The van der Waals surface area contributed by atoms with Crippen molar-refractivity contribution in [3.8, 4) is 0 Å². The molecule has 27 heavy (non-hydrogen) atoms. The Morgan fingerprint density at radius 2 is 1.67 bits per heavy atom. The number of carboxylic acid groups (broad SMARTS) is 1. The van der Waals surface area contributed by atoms with Gasteiger partial charge in [-0.3, -0.25) is 9.59 Å². The first-order valence-corrected chi connectivity index (χ1v) is 8.67. The Morgan fingerprint density at radius 3 is 2.26 bits per heavy atom. The summed E-state index contributed by atoms with van der Waals surface area (Å²) in [4.78, 5) is 39.1. The molecule has 0 bridgehead atoms. The lowest BCUT2D eigenvalue weighted by atomic mass is 10.1. The highest BCUT2D eigenvalue weighted by atomic mass is 16.4. The number of aromatic nitrogens is 3. The first-order valence-electron chi connectivity index (χ1n) is 8.67. The number of aromatic carboxylic acids is 1. The maximum absolute atomic E-state index is 12.5. The van der Waals surface area contributed by atoms with Crippen molar-refractivity contribution < 1.29 is 19.5 Å². The maximum atomic E-state index is 12.5. The fourth-order valence-corrected chi connectivity index (χ4v) is 3.00.